The van der Waals surface area contributed by atoms with Crippen molar-refractivity contribution in [1.82, 2.24) is 0 Å². The van der Waals surface area contributed by atoms with Gasteiger partial charge in [0.15, 0.2) is 0 Å². The number of carbonyl (C=O) groups is 3. The molecular formula is C19H32N4O3. The lowest BCUT2D eigenvalue weighted by atomic mass is 10.1. The van der Waals surface area contributed by atoms with Crippen molar-refractivity contribution in [3.63, 3.8) is 0 Å². The maximum atomic E-state index is 10.6. The lowest BCUT2D eigenvalue weighted by molar-refractivity contribution is -0.118. The molecule has 0 atom stereocenters. The van der Waals surface area contributed by atoms with Crippen molar-refractivity contribution in [3.8, 4) is 0 Å². The van der Waals surface area contributed by atoms with E-state index in [9.17, 15) is 14.4 Å². The van der Waals surface area contributed by atoms with Crippen molar-refractivity contribution in [2.24, 2.45) is 22.9 Å². The van der Waals surface area contributed by atoms with Gasteiger partial charge in [0, 0.05) is 17.5 Å². The summed E-state index contributed by atoms with van der Waals surface area (Å²) in [5, 5.41) is 0. The highest BCUT2D eigenvalue weighted by Crippen LogP contribution is 2.09. The molecule has 0 saturated carbocycles. The molecule has 0 spiro atoms. The summed E-state index contributed by atoms with van der Waals surface area (Å²) in [5.41, 5.74) is 21.1. The smallest absolute Gasteiger partial charge is 0.248 e. The summed E-state index contributed by atoms with van der Waals surface area (Å²) in [4.78, 5) is 31.6. The Balaban J connectivity index is 0.000000485. The van der Waals surface area contributed by atoms with E-state index in [1.54, 1.807) is 0 Å². The largest absolute Gasteiger partial charge is 0.370 e. The standard InChI is InChI=1S/C11H24N2O.C8H8N2O2/c12-10-8-6-4-2-1-3-5-7-9-11(13)14;9-7(11)5-1-2-6(4-3-5)8(10)12/h1-10,12H2,(H2,13,14);1-4H,(H2,9,11)(H2,10,12). The van der Waals surface area contributed by atoms with Crippen LogP contribution in [-0.4, -0.2) is 24.3 Å². The molecular weight excluding hydrogens is 332 g/mol. The van der Waals surface area contributed by atoms with Crippen LogP contribution in [0.25, 0.3) is 0 Å². The van der Waals surface area contributed by atoms with Gasteiger partial charge in [0.2, 0.25) is 17.7 Å². The molecule has 26 heavy (non-hydrogen) atoms. The Morgan fingerprint density at radius 3 is 1.27 bits per heavy atom. The molecule has 0 aliphatic heterocycles. The van der Waals surface area contributed by atoms with E-state index in [1.807, 2.05) is 0 Å². The van der Waals surface area contributed by atoms with Crippen molar-refractivity contribution in [3.05, 3.63) is 35.4 Å². The fourth-order valence-corrected chi connectivity index (χ4v) is 2.30. The van der Waals surface area contributed by atoms with Gasteiger partial charge in [-0.25, -0.2) is 0 Å². The minimum Gasteiger partial charge on any atom is -0.370 e. The highest BCUT2D eigenvalue weighted by molar-refractivity contribution is 5.96. The van der Waals surface area contributed by atoms with E-state index in [0.29, 0.717) is 17.5 Å². The average molecular weight is 364 g/mol. The number of rotatable bonds is 12. The van der Waals surface area contributed by atoms with Crippen LogP contribution in [0.1, 0.15) is 78.5 Å². The molecule has 146 valence electrons. The van der Waals surface area contributed by atoms with Gasteiger partial charge in [-0.15, -0.1) is 0 Å². The Kier molecular flexibility index (Phi) is 13.5. The quantitative estimate of drug-likeness (QED) is 0.417. The normalized spacial score (nSPS) is 9.88. The van der Waals surface area contributed by atoms with Gasteiger partial charge in [-0.2, -0.15) is 0 Å². The Bertz CT molecular complexity index is 511. The Hall–Kier alpha value is -2.41. The molecule has 7 nitrogen and oxygen atoms in total. The minimum absolute atomic E-state index is 0.173. The van der Waals surface area contributed by atoms with Crippen molar-refractivity contribution in [2.75, 3.05) is 6.54 Å². The van der Waals surface area contributed by atoms with E-state index in [0.717, 1.165) is 25.8 Å². The molecule has 0 aromatic heterocycles. The SMILES string of the molecule is NC(=O)c1ccc(C(N)=O)cc1.NCCCCCCCCCCC(N)=O. The van der Waals surface area contributed by atoms with Gasteiger partial charge in [0.05, 0.1) is 0 Å². The molecule has 0 saturated heterocycles. The van der Waals surface area contributed by atoms with E-state index >= 15 is 0 Å². The fourth-order valence-electron chi connectivity index (χ4n) is 2.30. The van der Waals surface area contributed by atoms with Gasteiger partial charge in [-0.3, -0.25) is 14.4 Å². The molecule has 1 aromatic rings. The zero-order valence-electron chi connectivity index (χ0n) is 15.4. The Morgan fingerprint density at radius 2 is 0.962 bits per heavy atom. The third kappa shape index (κ3) is 12.9. The van der Waals surface area contributed by atoms with Crippen molar-refractivity contribution in [1.29, 1.82) is 0 Å². The molecule has 0 unspecified atom stereocenters. The lowest BCUT2D eigenvalue weighted by Crippen LogP contribution is -2.13. The molecule has 0 aliphatic rings. The molecule has 1 rings (SSSR count). The van der Waals surface area contributed by atoms with Crippen LogP contribution in [0.5, 0.6) is 0 Å². The van der Waals surface area contributed by atoms with Crippen LogP contribution in [0.2, 0.25) is 0 Å². The molecule has 3 amide bonds. The average Bonchev–Trinajstić information content (AvgIpc) is 2.60. The summed E-state index contributed by atoms with van der Waals surface area (Å²) >= 11 is 0. The topological polar surface area (TPSA) is 155 Å². The van der Waals surface area contributed by atoms with Gasteiger partial charge >= 0.3 is 0 Å². The molecule has 0 aliphatic carbocycles. The predicted octanol–water partition coefficient (Wildman–Crippen LogP) is 1.83. The number of hydrogen-bond acceptors (Lipinski definition) is 4. The third-order valence-electron chi connectivity index (χ3n) is 3.83. The number of nitrogens with two attached hydrogens (primary N) is 4. The van der Waals surface area contributed by atoms with E-state index in [-0.39, 0.29) is 5.91 Å². The first kappa shape index (κ1) is 23.6. The second-order valence-corrected chi connectivity index (χ2v) is 6.14. The fraction of sp³-hybridized carbons (Fsp3) is 0.526. The van der Waals surface area contributed by atoms with Crippen molar-refractivity contribution < 1.29 is 14.4 Å². The molecule has 0 heterocycles. The van der Waals surface area contributed by atoms with Crippen molar-refractivity contribution >= 4 is 17.7 Å². The number of hydrogen-bond donors (Lipinski definition) is 4. The number of carbonyl (C=O) groups excluding carboxylic acids is 3. The zero-order valence-corrected chi connectivity index (χ0v) is 15.4. The summed E-state index contributed by atoms with van der Waals surface area (Å²) in [6.45, 7) is 0.818. The molecule has 0 bridgehead atoms. The van der Waals surface area contributed by atoms with E-state index < -0.39 is 11.8 Å². The van der Waals surface area contributed by atoms with Gasteiger partial charge in [0.1, 0.15) is 0 Å². The molecule has 0 radical (unpaired) electrons. The summed E-state index contributed by atoms with van der Waals surface area (Å²) < 4.78 is 0. The van der Waals surface area contributed by atoms with Crippen LogP contribution in [0.3, 0.4) is 0 Å². The maximum absolute atomic E-state index is 10.6. The predicted molar refractivity (Wildman–Crippen MR) is 103 cm³/mol. The number of amides is 3. The monoisotopic (exact) mass is 364 g/mol. The highest BCUT2D eigenvalue weighted by atomic mass is 16.1. The van der Waals surface area contributed by atoms with Crippen LogP contribution < -0.4 is 22.9 Å². The summed E-state index contributed by atoms with van der Waals surface area (Å²) in [6.07, 6.45) is 10.2. The number of unbranched alkanes of at least 4 members (excludes halogenated alkanes) is 7. The number of primary amides is 3. The van der Waals surface area contributed by atoms with E-state index in [1.165, 1.54) is 56.4 Å². The Morgan fingerprint density at radius 1 is 0.615 bits per heavy atom. The summed E-state index contributed by atoms with van der Waals surface area (Å²) in [7, 11) is 0. The van der Waals surface area contributed by atoms with Crippen LogP contribution in [-0.2, 0) is 4.79 Å². The third-order valence-corrected chi connectivity index (χ3v) is 3.83. The first-order chi connectivity index (χ1) is 12.4. The maximum Gasteiger partial charge on any atom is 0.248 e. The van der Waals surface area contributed by atoms with Crippen molar-refractivity contribution in [2.45, 2.75) is 57.8 Å². The highest BCUT2D eigenvalue weighted by Gasteiger charge is 2.02. The minimum atomic E-state index is -0.522. The Labute approximate surface area is 155 Å². The molecule has 0 fully saturated rings. The van der Waals surface area contributed by atoms with Gasteiger partial charge in [0.25, 0.3) is 0 Å². The van der Waals surface area contributed by atoms with Crippen LogP contribution >= 0.6 is 0 Å². The molecule has 7 heteroatoms. The lowest BCUT2D eigenvalue weighted by Gasteiger charge is -2.00. The second-order valence-electron chi connectivity index (χ2n) is 6.14. The van der Waals surface area contributed by atoms with Gasteiger partial charge in [-0.05, 0) is 43.7 Å². The first-order valence-electron chi connectivity index (χ1n) is 9.06. The summed E-state index contributed by atoms with van der Waals surface area (Å²) in [6, 6.07) is 5.84. The van der Waals surface area contributed by atoms with E-state index in [2.05, 4.69) is 0 Å². The van der Waals surface area contributed by atoms with Crippen LogP contribution in [0.4, 0.5) is 0 Å². The van der Waals surface area contributed by atoms with Gasteiger partial charge < -0.3 is 22.9 Å². The first-order valence-corrected chi connectivity index (χ1v) is 9.06. The van der Waals surface area contributed by atoms with E-state index in [4.69, 9.17) is 22.9 Å². The molecule has 8 N–H and O–H groups in total. The van der Waals surface area contributed by atoms with Crippen LogP contribution in [0, 0.1) is 0 Å². The van der Waals surface area contributed by atoms with Crippen LogP contribution in [0.15, 0.2) is 24.3 Å². The summed E-state index contributed by atoms with van der Waals surface area (Å²) in [5.74, 6) is -1.22. The second kappa shape index (κ2) is 14.9. The number of benzene rings is 1. The molecule has 1 aromatic carbocycles. The van der Waals surface area contributed by atoms with Gasteiger partial charge in [-0.1, -0.05) is 38.5 Å². The zero-order chi connectivity index (χ0) is 19.8.